The van der Waals surface area contributed by atoms with Crippen molar-refractivity contribution in [1.29, 1.82) is 0 Å². The number of hydrogen-bond donors (Lipinski definition) is 2. The summed E-state index contributed by atoms with van der Waals surface area (Å²) in [7, 11) is 0. The highest BCUT2D eigenvalue weighted by atomic mass is 32.1. The van der Waals surface area contributed by atoms with Gasteiger partial charge >= 0.3 is 0 Å². The SMILES string of the molecule is CC(C)CN(C(=O)c1cccs1)C1CC(C(=O)NCCN)N(C(=O)c2cccnc2)C1. The van der Waals surface area contributed by atoms with Crippen LogP contribution in [0.5, 0.6) is 0 Å². The topological polar surface area (TPSA) is 109 Å². The van der Waals surface area contributed by atoms with Gasteiger partial charge < -0.3 is 20.9 Å². The highest BCUT2D eigenvalue weighted by molar-refractivity contribution is 7.12. The van der Waals surface area contributed by atoms with Crippen molar-refractivity contribution in [3.05, 3.63) is 52.5 Å². The van der Waals surface area contributed by atoms with Gasteiger partial charge in [0, 0.05) is 38.6 Å². The predicted molar refractivity (Wildman–Crippen MR) is 120 cm³/mol. The second-order valence-electron chi connectivity index (χ2n) is 8.01. The van der Waals surface area contributed by atoms with Crippen LogP contribution in [0.2, 0.25) is 0 Å². The van der Waals surface area contributed by atoms with Crippen LogP contribution in [-0.2, 0) is 4.79 Å². The van der Waals surface area contributed by atoms with Crippen molar-refractivity contribution in [3.8, 4) is 0 Å². The molecule has 0 saturated carbocycles. The first-order chi connectivity index (χ1) is 14.9. The van der Waals surface area contributed by atoms with Crippen LogP contribution in [-0.4, -0.2) is 70.8 Å². The van der Waals surface area contributed by atoms with Gasteiger partial charge in [0.2, 0.25) is 5.91 Å². The third-order valence-electron chi connectivity index (χ3n) is 5.19. The quantitative estimate of drug-likeness (QED) is 0.644. The van der Waals surface area contributed by atoms with Gasteiger partial charge in [-0.15, -0.1) is 11.3 Å². The Kier molecular flexibility index (Phi) is 7.75. The average Bonchev–Trinajstić information content (AvgIpc) is 3.46. The lowest BCUT2D eigenvalue weighted by Gasteiger charge is -2.30. The summed E-state index contributed by atoms with van der Waals surface area (Å²) in [6, 6.07) is 6.10. The monoisotopic (exact) mass is 443 g/mol. The Bertz CT molecular complexity index is 888. The van der Waals surface area contributed by atoms with Gasteiger partial charge in [-0.05, 0) is 35.9 Å². The molecule has 8 nitrogen and oxygen atoms in total. The van der Waals surface area contributed by atoms with Crippen molar-refractivity contribution in [3.63, 3.8) is 0 Å². The van der Waals surface area contributed by atoms with Crippen LogP contribution in [0.25, 0.3) is 0 Å². The number of rotatable bonds is 8. The molecule has 3 heterocycles. The summed E-state index contributed by atoms with van der Waals surface area (Å²) in [4.78, 5) is 47.3. The molecule has 1 aliphatic heterocycles. The van der Waals surface area contributed by atoms with E-state index in [1.165, 1.54) is 17.5 Å². The van der Waals surface area contributed by atoms with E-state index >= 15 is 0 Å². The minimum absolute atomic E-state index is 0.0644. The Morgan fingerprint density at radius 2 is 2.13 bits per heavy atom. The molecule has 0 bridgehead atoms. The zero-order valence-corrected chi connectivity index (χ0v) is 18.7. The highest BCUT2D eigenvalue weighted by Gasteiger charge is 2.43. The number of likely N-dealkylation sites (tertiary alicyclic amines) is 1. The normalized spacial score (nSPS) is 18.3. The first kappa shape index (κ1) is 22.9. The number of nitrogens with zero attached hydrogens (tertiary/aromatic N) is 3. The smallest absolute Gasteiger partial charge is 0.264 e. The molecule has 0 spiro atoms. The maximum absolute atomic E-state index is 13.2. The summed E-state index contributed by atoms with van der Waals surface area (Å²) in [6.07, 6.45) is 3.47. The number of nitrogens with two attached hydrogens (primary N) is 1. The number of carbonyl (C=O) groups excluding carboxylic acids is 3. The second kappa shape index (κ2) is 10.5. The van der Waals surface area contributed by atoms with Crippen molar-refractivity contribution >= 4 is 29.1 Å². The largest absolute Gasteiger partial charge is 0.353 e. The molecule has 2 aromatic heterocycles. The van der Waals surface area contributed by atoms with Gasteiger partial charge in [-0.25, -0.2) is 0 Å². The zero-order valence-electron chi connectivity index (χ0n) is 17.9. The van der Waals surface area contributed by atoms with Crippen LogP contribution in [0.4, 0.5) is 0 Å². The molecule has 0 aliphatic carbocycles. The Morgan fingerprint density at radius 1 is 1.32 bits per heavy atom. The molecule has 3 rings (SSSR count). The Morgan fingerprint density at radius 3 is 2.74 bits per heavy atom. The van der Waals surface area contributed by atoms with Crippen LogP contribution in [0.3, 0.4) is 0 Å². The minimum Gasteiger partial charge on any atom is -0.353 e. The molecular weight excluding hydrogens is 414 g/mol. The Labute approximate surface area is 186 Å². The van der Waals surface area contributed by atoms with Crippen molar-refractivity contribution in [2.24, 2.45) is 11.7 Å². The lowest BCUT2D eigenvalue weighted by molar-refractivity contribution is -0.124. The molecule has 166 valence electrons. The van der Waals surface area contributed by atoms with E-state index in [1.54, 1.807) is 29.3 Å². The number of amides is 3. The summed E-state index contributed by atoms with van der Waals surface area (Å²) in [5, 5.41) is 4.66. The molecule has 9 heteroatoms. The number of aromatic nitrogens is 1. The van der Waals surface area contributed by atoms with E-state index in [2.05, 4.69) is 10.3 Å². The van der Waals surface area contributed by atoms with E-state index in [9.17, 15) is 14.4 Å². The number of carbonyl (C=O) groups is 3. The predicted octanol–water partition coefficient (Wildman–Crippen LogP) is 1.60. The molecule has 1 aliphatic rings. The fourth-order valence-corrected chi connectivity index (χ4v) is 4.49. The van der Waals surface area contributed by atoms with Crippen LogP contribution in [0.15, 0.2) is 42.0 Å². The van der Waals surface area contributed by atoms with E-state index in [0.717, 1.165) is 0 Å². The molecule has 2 atom stereocenters. The summed E-state index contributed by atoms with van der Waals surface area (Å²) < 4.78 is 0. The third kappa shape index (κ3) is 5.48. The van der Waals surface area contributed by atoms with Gasteiger partial charge in [0.25, 0.3) is 11.8 Å². The fraction of sp³-hybridized carbons (Fsp3) is 0.455. The second-order valence-corrected chi connectivity index (χ2v) is 8.96. The van der Waals surface area contributed by atoms with E-state index < -0.39 is 6.04 Å². The van der Waals surface area contributed by atoms with Gasteiger partial charge in [-0.2, -0.15) is 0 Å². The number of thiophene rings is 1. The lowest BCUT2D eigenvalue weighted by Crippen LogP contribution is -2.47. The first-order valence-electron chi connectivity index (χ1n) is 10.5. The highest BCUT2D eigenvalue weighted by Crippen LogP contribution is 2.27. The standard InChI is InChI=1S/C22H29N5O3S/c1-15(2)13-26(22(30)19-6-4-10-31-19)17-11-18(20(28)25-9-7-23)27(14-17)21(29)16-5-3-8-24-12-16/h3-6,8,10,12,15,17-18H,7,9,11,13-14,23H2,1-2H3,(H,25,28). The summed E-state index contributed by atoms with van der Waals surface area (Å²) >= 11 is 1.39. The van der Waals surface area contributed by atoms with E-state index in [4.69, 9.17) is 5.73 Å². The average molecular weight is 444 g/mol. The third-order valence-corrected chi connectivity index (χ3v) is 6.05. The molecule has 3 N–H and O–H groups in total. The summed E-state index contributed by atoms with van der Waals surface area (Å²) in [5.41, 5.74) is 5.95. The van der Waals surface area contributed by atoms with Gasteiger partial charge in [-0.1, -0.05) is 19.9 Å². The molecule has 0 aromatic carbocycles. The van der Waals surface area contributed by atoms with Crippen molar-refractivity contribution in [2.45, 2.75) is 32.4 Å². The van der Waals surface area contributed by atoms with Gasteiger partial charge in [0.15, 0.2) is 0 Å². The summed E-state index contributed by atoms with van der Waals surface area (Å²) in [6.45, 7) is 5.58. The first-order valence-corrected chi connectivity index (χ1v) is 11.3. The number of pyridine rings is 1. The van der Waals surface area contributed by atoms with Crippen LogP contribution < -0.4 is 11.1 Å². The molecule has 2 unspecified atom stereocenters. The maximum Gasteiger partial charge on any atom is 0.264 e. The van der Waals surface area contributed by atoms with Crippen LogP contribution in [0, 0.1) is 5.92 Å². The minimum atomic E-state index is -0.671. The van der Waals surface area contributed by atoms with E-state index in [-0.39, 0.29) is 36.2 Å². The van der Waals surface area contributed by atoms with Crippen LogP contribution in [0.1, 0.15) is 40.3 Å². The molecule has 3 amide bonds. The molecule has 0 radical (unpaired) electrons. The van der Waals surface area contributed by atoms with Gasteiger partial charge in [-0.3, -0.25) is 19.4 Å². The van der Waals surface area contributed by atoms with E-state index in [0.29, 0.717) is 36.5 Å². The molecular formula is C22H29N5O3S. The fourth-order valence-electron chi connectivity index (χ4n) is 3.81. The molecule has 2 aromatic rings. The molecule has 31 heavy (non-hydrogen) atoms. The van der Waals surface area contributed by atoms with Crippen molar-refractivity contribution in [1.82, 2.24) is 20.1 Å². The number of hydrogen-bond acceptors (Lipinski definition) is 6. The number of nitrogens with one attached hydrogen (secondary N) is 1. The summed E-state index contributed by atoms with van der Waals surface area (Å²) in [5.74, 6) is -0.336. The van der Waals surface area contributed by atoms with Crippen LogP contribution >= 0.6 is 11.3 Å². The van der Waals surface area contributed by atoms with Crippen molar-refractivity contribution < 1.29 is 14.4 Å². The van der Waals surface area contributed by atoms with Gasteiger partial charge in [0.05, 0.1) is 16.5 Å². The molecule has 1 saturated heterocycles. The Hall–Kier alpha value is -2.78. The maximum atomic E-state index is 13.2. The zero-order chi connectivity index (χ0) is 22.4. The van der Waals surface area contributed by atoms with Crippen molar-refractivity contribution in [2.75, 3.05) is 26.2 Å². The van der Waals surface area contributed by atoms with E-state index in [1.807, 2.05) is 30.2 Å². The van der Waals surface area contributed by atoms with Gasteiger partial charge in [0.1, 0.15) is 6.04 Å². The molecule has 1 fully saturated rings. The Balaban J connectivity index is 1.88. The lowest BCUT2D eigenvalue weighted by atomic mass is 10.1.